The third-order valence-corrected chi connectivity index (χ3v) is 4.24. The number of hydrogen-bond acceptors (Lipinski definition) is 6. The van der Waals surface area contributed by atoms with E-state index in [-0.39, 0.29) is 11.8 Å². The van der Waals surface area contributed by atoms with E-state index in [1.165, 1.54) is 14.2 Å². The number of ether oxygens (including phenoxy) is 2. The molecule has 0 saturated carbocycles. The number of nitrogens with one attached hydrogen (secondary N) is 4. The maximum Gasteiger partial charge on any atom is 0.328 e. The topological polar surface area (TPSA) is 135 Å². The van der Waals surface area contributed by atoms with Crippen LogP contribution in [0.5, 0.6) is 0 Å². The van der Waals surface area contributed by atoms with Crippen molar-refractivity contribution in [3.63, 3.8) is 0 Å². The fourth-order valence-electron chi connectivity index (χ4n) is 2.55. The van der Waals surface area contributed by atoms with E-state index < -0.39 is 36.1 Å². The van der Waals surface area contributed by atoms with Crippen molar-refractivity contribution in [1.82, 2.24) is 10.6 Å². The highest BCUT2D eigenvalue weighted by Crippen LogP contribution is 2.21. The Hall–Kier alpha value is -3.30. The number of methoxy groups -OCH3 is 2. The van der Waals surface area contributed by atoms with E-state index in [2.05, 4.69) is 21.3 Å². The van der Waals surface area contributed by atoms with Crippen LogP contribution in [0.2, 0.25) is 0 Å². The van der Waals surface area contributed by atoms with Gasteiger partial charge in [0.25, 0.3) is 0 Å². The fourth-order valence-corrected chi connectivity index (χ4v) is 2.55. The highest BCUT2D eigenvalue weighted by Gasteiger charge is 2.26. The first kappa shape index (κ1) is 24.7. The molecule has 4 amide bonds. The van der Waals surface area contributed by atoms with Gasteiger partial charge in [0.1, 0.15) is 12.1 Å². The molecule has 0 unspecified atom stereocenters. The van der Waals surface area contributed by atoms with Crippen LogP contribution in [0.15, 0.2) is 24.3 Å². The molecular formula is C20H30N4O6. The molecule has 10 heteroatoms. The molecule has 0 saturated heterocycles. The van der Waals surface area contributed by atoms with Crippen LogP contribution in [0.25, 0.3) is 0 Å². The Kier molecular flexibility index (Phi) is 9.60. The van der Waals surface area contributed by atoms with Gasteiger partial charge in [-0.2, -0.15) is 0 Å². The zero-order chi connectivity index (χ0) is 22.8. The van der Waals surface area contributed by atoms with Crippen molar-refractivity contribution in [3.05, 3.63) is 24.3 Å². The summed E-state index contributed by atoms with van der Waals surface area (Å²) in [5.41, 5.74) is 0.605. The van der Waals surface area contributed by atoms with Gasteiger partial charge in [0.05, 0.1) is 25.6 Å². The molecule has 0 aliphatic heterocycles. The summed E-state index contributed by atoms with van der Waals surface area (Å²) in [7, 11) is 2.49. The molecule has 0 aliphatic carbocycles. The number of carbonyl (C=O) groups excluding carboxylic acids is 4. The fraction of sp³-hybridized carbons (Fsp3) is 0.500. The van der Waals surface area contributed by atoms with Crippen molar-refractivity contribution in [1.29, 1.82) is 0 Å². The minimum atomic E-state index is -0.828. The van der Waals surface area contributed by atoms with E-state index in [1.54, 1.807) is 52.0 Å². The summed E-state index contributed by atoms with van der Waals surface area (Å²) in [5.74, 6) is -1.50. The number of carbonyl (C=O) groups is 4. The van der Waals surface area contributed by atoms with Crippen LogP contribution in [-0.4, -0.2) is 50.3 Å². The SMILES string of the molecule is COC(=O)[C@H](NC(=O)Nc1ccccc1NC(=O)N[C@@H](C(=O)OC)C(C)C)C(C)C. The summed E-state index contributed by atoms with van der Waals surface area (Å²) in [4.78, 5) is 48.4. The lowest BCUT2D eigenvalue weighted by molar-refractivity contribution is -0.144. The van der Waals surface area contributed by atoms with Gasteiger partial charge in [-0.15, -0.1) is 0 Å². The maximum absolute atomic E-state index is 12.4. The average molecular weight is 422 g/mol. The molecule has 1 aromatic rings. The third-order valence-electron chi connectivity index (χ3n) is 4.24. The van der Waals surface area contributed by atoms with E-state index in [9.17, 15) is 19.2 Å². The standard InChI is InChI=1S/C20H30N4O6/c1-11(2)15(17(25)29-5)23-19(27)21-13-9-7-8-10-14(13)22-20(28)24-16(12(3)4)18(26)30-6/h7-12,15-16H,1-6H3,(H2,21,23,27)(H2,22,24,28)/t15-,16-/m1/s1. The largest absolute Gasteiger partial charge is 0.467 e. The number of rotatable bonds is 8. The number of amides is 4. The zero-order valence-corrected chi connectivity index (χ0v) is 18.1. The van der Waals surface area contributed by atoms with Crippen LogP contribution < -0.4 is 21.3 Å². The van der Waals surface area contributed by atoms with Gasteiger partial charge in [-0.05, 0) is 24.0 Å². The van der Waals surface area contributed by atoms with Crippen LogP contribution in [-0.2, 0) is 19.1 Å². The molecule has 30 heavy (non-hydrogen) atoms. The molecule has 10 nitrogen and oxygen atoms in total. The molecule has 0 aliphatic rings. The van der Waals surface area contributed by atoms with Crippen molar-refractivity contribution >= 4 is 35.4 Å². The number of anilines is 2. The summed E-state index contributed by atoms with van der Waals surface area (Å²) in [5, 5.41) is 10.3. The van der Waals surface area contributed by atoms with Crippen LogP contribution in [0, 0.1) is 11.8 Å². The van der Waals surface area contributed by atoms with Crippen LogP contribution in [0.4, 0.5) is 21.0 Å². The minimum absolute atomic E-state index is 0.186. The van der Waals surface area contributed by atoms with Crippen LogP contribution in [0.1, 0.15) is 27.7 Å². The first-order valence-electron chi connectivity index (χ1n) is 9.50. The first-order chi connectivity index (χ1) is 14.1. The summed E-state index contributed by atoms with van der Waals surface area (Å²) in [6, 6.07) is 3.58. The second-order valence-corrected chi connectivity index (χ2v) is 7.23. The Labute approximate surface area is 176 Å². The van der Waals surface area contributed by atoms with Crippen LogP contribution in [0.3, 0.4) is 0 Å². The number of esters is 2. The van der Waals surface area contributed by atoms with Gasteiger partial charge >= 0.3 is 24.0 Å². The molecule has 0 radical (unpaired) electrons. The van der Waals surface area contributed by atoms with Crippen LogP contribution >= 0.6 is 0 Å². The molecule has 1 rings (SSSR count). The van der Waals surface area contributed by atoms with Gasteiger partial charge in [-0.3, -0.25) is 0 Å². The molecule has 0 bridgehead atoms. The van der Waals surface area contributed by atoms with E-state index in [1.807, 2.05) is 0 Å². The quantitative estimate of drug-likeness (QED) is 0.475. The van der Waals surface area contributed by atoms with Crippen molar-refractivity contribution < 1.29 is 28.7 Å². The predicted octanol–water partition coefficient (Wildman–Crippen LogP) is 2.32. The normalized spacial score (nSPS) is 12.5. The number of benzene rings is 1. The van der Waals surface area contributed by atoms with Crippen molar-refractivity contribution in [2.24, 2.45) is 11.8 Å². The van der Waals surface area contributed by atoms with Crippen molar-refractivity contribution in [3.8, 4) is 0 Å². The monoisotopic (exact) mass is 422 g/mol. The Morgan fingerprint density at radius 1 is 0.700 bits per heavy atom. The van der Waals surface area contributed by atoms with E-state index in [4.69, 9.17) is 9.47 Å². The van der Waals surface area contributed by atoms with E-state index in [0.29, 0.717) is 11.4 Å². The van der Waals surface area contributed by atoms with E-state index in [0.717, 1.165) is 0 Å². The van der Waals surface area contributed by atoms with Crippen molar-refractivity contribution in [2.75, 3.05) is 24.9 Å². The van der Waals surface area contributed by atoms with Gasteiger partial charge in [0, 0.05) is 0 Å². The second-order valence-electron chi connectivity index (χ2n) is 7.23. The average Bonchev–Trinajstić information content (AvgIpc) is 2.70. The van der Waals surface area contributed by atoms with E-state index >= 15 is 0 Å². The number of para-hydroxylation sites is 2. The molecule has 0 heterocycles. The number of urea groups is 2. The van der Waals surface area contributed by atoms with Crippen molar-refractivity contribution in [2.45, 2.75) is 39.8 Å². The lowest BCUT2D eigenvalue weighted by atomic mass is 10.1. The van der Waals surface area contributed by atoms with Gasteiger partial charge in [-0.25, -0.2) is 19.2 Å². The van der Waals surface area contributed by atoms with Gasteiger partial charge in [0.2, 0.25) is 0 Å². The molecule has 0 aromatic heterocycles. The summed E-state index contributed by atoms with van der Waals surface area (Å²) >= 11 is 0. The zero-order valence-electron chi connectivity index (χ0n) is 18.1. The maximum atomic E-state index is 12.4. The lowest BCUT2D eigenvalue weighted by Crippen LogP contribution is -2.47. The van der Waals surface area contributed by atoms with Gasteiger partial charge in [-0.1, -0.05) is 39.8 Å². The highest BCUT2D eigenvalue weighted by atomic mass is 16.5. The Morgan fingerprint density at radius 2 is 1.03 bits per heavy atom. The Bertz CT molecular complexity index is 702. The third kappa shape index (κ3) is 7.26. The molecule has 0 spiro atoms. The smallest absolute Gasteiger partial charge is 0.328 e. The summed E-state index contributed by atoms with van der Waals surface area (Å²) < 4.78 is 9.40. The molecule has 166 valence electrons. The molecule has 0 fully saturated rings. The molecular weight excluding hydrogens is 392 g/mol. The summed E-state index contributed by atoms with van der Waals surface area (Å²) in [6.45, 7) is 7.09. The molecule has 2 atom stereocenters. The Morgan fingerprint density at radius 3 is 1.30 bits per heavy atom. The molecule has 1 aromatic carbocycles. The second kappa shape index (κ2) is 11.6. The van der Waals surface area contributed by atoms with Gasteiger partial charge in [0.15, 0.2) is 0 Å². The summed E-state index contributed by atoms with van der Waals surface area (Å²) in [6.07, 6.45) is 0. The Balaban J connectivity index is 2.87. The molecule has 4 N–H and O–H groups in total. The minimum Gasteiger partial charge on any atom is -0.467 e. The lowest BCUT2D eigenvalue weighted by Gasteiger charge is -2.22. The predicted molar refractivity (Wildman–Crippen MR) is 112 cm³/mol. The highest BCUT2D eigenvalue weighted by molar-refractivity contribution is 6.00. The number of hydrogen-bond donors (Lipinski definition) is 4. The van der Waals surface area contributed by atoms with Gasteiger partial charge < -0.3 is 30.7 Å². The first-order valence-corrected chi connectivity index (χ1v) is 9.50.